The number of unbranched alkanes of at least 4 members (excludes halogenated alkanes) is 2. The molecule has 1 N–H and O–H groups in total. The van der Waals surface area contributed by atoms with E-state index in [4.69, 9.17) is 0 Å². The van der Waals surface area contributed by atoms with Crippen LogP contribution in [0.15, 0.2) is 29.2 Å². The summed E-state index contributed by atoms with van der Waals surface area (Å²) >= 11 is 0. The molecule has 1 atom stereocenters. The van der Waals surface area contributed by atoms with Gasteiger partial charge in [0.1, 0.15) is 5.78 Å². The first-order valence-corrected chi connectivity index (χ1v) is 11.9. The molecule has 5 heteroatoms. The van der Waals surface area contributed by atoms with Crippen molar-refractivity contribution in [3.63, 3.8) is 0 Å². The predicted octanol–water partition coefficient (Wildman–Crippen LogP) is 5.67. The van der Waals surface area contributed by atoms with Crippen molar-refractivity contribution >= 4 is 33.3 Å². The van der Waals surface area contributed by atoms with E-state index in [1.165, 1.54) is 0 Å². The van der Waals surface area contributed by atoms with Gasteiger partial charge in [0, 0.05) is 29.0 Å². The van der Waals surface area contributed by atoms with Gasteiger partial charge in [-0.2, -0.15) is 0 Å². The molecule has 0 aromatic heterocycles. The van der Waals surface area contributed by atoms with Gasteiger partial charge in [-0.3, -0.25) is 9.59 Å². The van der Waals surface area contributed by atoms with Crippen LogP contribution < -0.4 is 5.32 Å². The van der Waals surface area contributed by atoms with Crippen LogP contribution in [0.4, 0.5) is 0 Å². The van der Waals surface area contributed by atoms with Gasteiger partial charge in [0.2, 0.25) is 5.91 Å². The largest absolute Gasteiger partial charge is 0.356 e. The number of rotatable bonds is 13. The molecule has 0 heterocycles. The normalized spacial score (nSPS) is 12.2. The Labute approximate surface area is 166 Å². The predicted molar refractivity (Wildman–Crippen MR) is 115 cm³/mol. The van der Waals surface area contributed by atoms with Gasteiger partial charge < -0.3 is 5.32 Å². The molecule has 0 saturated heterocycles. The molecule has 26 heavy (non-hydrogen) atoms. The van der Waals surface area contributed by atoms with Crippen molar-refractivity contribution in [2.45, 2.75) is 76.4 Å². The maximum atomic E-state index is 12.1. The summed E-state index contributed by atoms with van der Waals surface area (Å²) in [6, 6.07) is 8.10. The molecule has 1 amide bonds. The molecule has 146 valence electrons. The third-order valence-corrected chi connectivity index (χ3v) is 7.22. The summed E-state index contributed by atoms with van der Waals surface area (Å²) in [4.78, 5) is 25.0. The minimum atomic E-state index is 0.0923. The Balaban J connectivity index is 2.45. The fourth-order valence-corrected chi connectivity index (χ4v) is 4.83. The molecule has 3 nitrogen and oxygen atoms in total. The highest BCUT2D eigenvalue weighted by molar-refractivity contribution is 8.77. The molecule has 1 rings (SSSR count). The Morgan fingerprint density at radius 1 is 1.12 bits per heavy atom. The molecule has 1 aromatic rings. The fraction of sp³-hybridized carbons (Fsp3) is 0.619. The highest BCUT2D eigenvalue weighted by Crippen LogP contribution is 2.38. The van der Waals surface area contributed by atoms with E-state index in [-0.39, 0.29) is 11.8 Å². The fourth-order valence-electron chi connectivity index (χ4n) is 2.39. The van der Waals surface area contributed by atoms with Crippen LogP contribution in [-0.2, 0) is 16.0 Å². The standard InChI is InChI=1S/C21H33NO2S2/c1-5-6-9-14-22-21(24)15-18-10-7-8-11-20(18)26-25-17(4)12-13-19(23)16(2)3/h7-8,10-11,16-17H,5-6,9,12-15H2,1-4H3,(H,22,24). The first-order valence-electron chi connectivity index (χ1n) is 9.64. The Morgan fingerprint density at radius 3 is 2.54 bits per heavy atom. The highest BCUT2D eigenvalue weighted by Gasteiger charge is 2.13. The van der Waals surface area contributed by atoms with Crippen molar-refractivity contribution in [2.24, 2.45) is 5.92 Å². The molecule has 0 bridgehead atoms. The van der Waals surface area contributed by atoms with Crippen LogP contribution in [0.25, 0.3) is 0 Å². The van der Waals surface area contributed by atoms with Crippen LogP contribution in [0.5, 0.6) is 0 Å². The summed E-state index contributed by atoms with van der Waals surface area (Å²) in [5.74, 6) is 0.550. The number of nitrogens with one attached hydrogen (secondary N) is 1. The SMILES string of the molecule is CCCCCNC(=O)Cc1ccccc1SSC(C)CCC(=O)C(C)C. The van der Waals surface area contributed by atoms with E-state index in [1.54, 1.807) is 21.6 Å². The third-order valence-electron chi connectivity index (χ3n) is 4.17. The number of ketones is 1. The number of benzene rings is 1. The molecule has 0 aliphatic heterocycles. The highest BCUT2D eigenvalue weighted by atomic mass is 33.1. The van der Waals surface area contributed by atoms with Gasteiger partial charge in [0.05, 0.1) is 6.42 Å². The van der Waals surface area contributed by atoms with Crippen molar-refractivity contribution in [1.82, 2.24) is 5.32 Å². The van der Waals surface area contributed by atoms with Crippen LogP contribution in [0.3, 0.4) is 0 Å². The molecular formula is C21H33NO2S2. The summed E-state index contributed by atoms with van der Waals surface area (Å²) < 4.78 is 0. The van der Waals surface area contributed by atoms with E-state index in [2.05, 4.69) is 25.2 Å². The van der Waals surface area contributed by atoms with E-state index >= 15 is 0 Å². The van der Waals surface area contributed by atoms with Crippen LogP contribution in [0.2, 0.25) is 0 Å². The van der Waals surface area contributed by atoms with Crippen LogP contribution in [0, 0.1) is 5.92 Å². The van der Waals surface area contributed by atoms with Gasteiger partial charge in [-0.1, -0.05) is 80.3 Å². The number of hydrogen-bond acceptors (Lipinski definition) is 4. The van der Waals surface area contributed by atoms with Crippen molar-refractivity contribution in [2.75, 3.05) is 6.54 Å². The van der Waals surface area contributed by atoms with Crippen LogP contribution in [-0.4, -0.2) is 23.5 Å². The summed E-state index contributed by atoms with van der Waals surface area (Å²) in [6.45, 7) is 9.00. The quantitative estimate of drug-likeness (QED) is 0.345. The maximum absolute atomic E-state index is 12.1. The smallest absolute Gasteiger partial charge is 0.224 e. The monoisotopic (exact) mass is 395 g/mol. The zero-order valence-corrected chi connectivity index (χ0v) is 18.2. The lowest BCUT2D eigenvalue weighted by Gasteiger charge is -2.13. The molecule has 0 saturated carbocycles. The van der Waals surface area contributed by atoms with Gasteiger partial charge >= 0.3 is 0 Å². The summed E-state index contributed by atoms with van der Waals surface area (Å²) in [6.07, 6.45) is 5.33. The van der Waals surface area contributed by atoms with Crippen molar-refractivity contribution in [1.29, 1.82) is 0 Å². The van der Waals surface area contributed by atoms with Gasteiger partial charge in [0.25, 0.3) is 0 Å². The van der Waals surface area contributed by atoms with Crippen molar-refractivity contribution < 1.29 is 9.59 Å². The lowest BCUT2D eigenvalue weighted by molar-refractivity contribution is -0.122. The number of hydrogen-bond donors (Lipinski definition) is 1. The first kappa shape index (κ1) is 23.1. The molecule has 0 aliphatic carbocycles. The lowest BCUT2D eigenvalue weighted by Crippen LogP contribution is -2.26. The topological polar surface area (TPSA) is 46.2 Å². The molecule has 0 radical (unpaired) electrons. The average molecular weight is 396 g/mol. The van der Waals surface area contributed by atoms with Gasteiger partial charge in [-0.15, -0.1) is 0 Å². The van der Waals surface area contributed by atoms with Gasteiger partial charge in [-0.25, -0.2) is 0 Å². The zero-order valence-electron chi connectivity index (χ0n) is 16.5. The Morgan fingerprint density at radius 2 is 1.85 bits per heavy atom. The lowest BCUT2D eigenvalue weighted by atomic mass is 10.0. The molecule has 1 aromatic carbocycles. The Bertz CT molecular complexity index is 561. The van der Waals surface area contributed by atoms with Crippen molar-refractivity contribution in [3.8, 4) is 0 Å². The van der Waals surface area contributed by atoms with Gasteiger partial charge in [0.15, 0.2) is 0 Å². The molecule has 0 spiro atoms. The van der Waals surface area contributed by atoms with Crippen LogP contribution in [0.1, 0.15) is 65.4 Å². The molecule has 1 unspecified atom stereocenters. The summed E-state index contributed by atoms with van der Waals surface area (Å²) in [5, 5.41) is 3.41. The molecular weight excluding hydrogens is 362 g/mol. The van der Waals surface area contributed by atoms with E-state index < -0.39 is 0 Å². The Hall–Kier alpha value is -0.940. The first-order chi connectivity index (χ1) is 12.4. The third kappa shape index (κ3) is 9.67. The average Bonchev–Trinajstić information content (AvgIpc) is 2.62. The number of amides is 1. The number of carbonyl (C=O) groups excluding carboxylic acids is 2. The van der Waals surface area contributed by atoms with E-state index in [0.29, 0.717) is 23.9 Å². The minimum Gasteiger partial charge on any atom is -0.356 e. The van der Waals surface area contributed by atoms with Crippen molar-refractivity contribution in [3.05, 3.63) is 29.8 Å². The van der Waals surface area contributed by atoms with E-state index in [0.717, 1.165) is 42.7 Å². The number of carbonyl (C=O) groups is 2. The second-order valence-electron chi connectivity index (χ2n) is 6.99. The Kier molecular flexibility index (Phi) is 11.8. The van der Waals surface area contributed by atoms with Gasteiger partial charge in [-0.05, 0) is 24.5 Å². The summed E-state index contributed by atoms with van der Waals surface area (Å²) in [5.41, 5.74) is 1.07. The van der Waals surface area contributed by atoms with E-state index in [1.807, 2.05) is 32.0 Å². The zero-order chi connectivity index (χ0) is 19.4. The molecule has 0 fully saturated rings. The maximum Gasteiger partial charge on any atom is 0.224 e. The van der Waals surface area contributed by atoms with E-state index in [9.17, 15) is 9.59 Å². The second kappa shape index (κ2) is 13.3. The number of Topliss-reactive ketones (excluding diaryl/α,β-unsaturated/α-hetero) is 1. The minimum absolute atomic E-state index is 0.0923. The second-order valence-corrected chi connectivity index (χ2v) is 9.67. The molecule has 0 aliphatic rings. The summed E-state index contributed by atoms with van der Waals surface area (Å²) in [7, 11) is 3.50. The van der Waals surface area contributed by atoms with Crippen LogP contribution >= 0.6 is 21.6 Å².